The molecule has 0 radical (unpaired) electrons. The van der Waals surface area contributed by atoms with Crippen LogP contribution >= 0.6 is 0 Å². The van der Waals surface area contributed by atoms with Crippen LogP contribution in [0, 0.1) is 0 Å². The summed E-state index contributed by atoms with van der Waals surface area (Å²) in [5, 5.41) is 3.22. The van der Waals surface area contributed by atoms with Crippen molar-refractivity contribution in [1.29, 1.82) is 0 Å². The first-order chi connectivity index (χ1) is 9.28. The van der Waals surface area contributed by atoms with Crippen molar-refractivity contribution < 1.29 is 4.74 Å². The minimum absolute atomic E-state index is 0.213. The van der Waals surface area contributed by atoms with E-state index in [9.17, 15) is 0 Å². The Bertz CT molecular complexity index is 516. The van der Waals surface area contributed by atoms with Gasteiger partial charge < -0.3 is 15.8 Å². The zero-order valence-electron chi connectivity index (χ0n) is 11.0. The number of hydrogen-bond acceptors (Lipinski definition) is 5. The molecule has 5 heteroatoms. The molecule has 1 heterocycles. The first-order valence-electron chi connectivity index (χ1n) is 6.24. The summed E-state index contributed by atoms with van der Waals surface area (Å²) in [4.78, 5) is 8.03. The molecule has 0 spiro atoms. The van der Waals surface area contributed by atoms with Crippen molar-refractivity contribution in [3.63, 3.8) is 0 Å². The Morgan fingerprint density at radius 3 is 2.74 bits per heavy atom. The second kappa shape index (κ2) is 6.58. The predicted molar refractivity (Wildman–Crippen MR) is 76.2 cm³/mol. The van der Waals surface area contributed by atoms with Gasteiger partial charge in [-0.2, -0.15) is 9.97 Å². The van der Waals surface area contributed by atoms with E-state index in [4.69, 9.17) is 10.5 Å². The van der Waals surface area contributed by atoms with Crippen LogP contribution in [0.25, 0.3) is 0 Å². The number of nitrogens with two attached hydrogens (primary N) is 1. The van der Waals surface area contributed by atoms with E-state index in [2.05, 4.69) is 39.6 Å². The molecule has 2 aromatic rings. The molecular formula is C14H18N4O. The number of hydrogen-bond donors (Lipinski definition) is 2. The van der Waals surface area contributed by atoms with Gasteiger partial charge in [0, 0.05) is 12.6 Å². The van der Waals surface area contributed by atoms with Crippen molar-refractivity contribution in [2.45, 2.75) is 12.8 Å². The van der Waals surface area contributed by atoms with Crippen LogP contribution in [0.2, 0.25) is 0 Å². The van der Waals surface area contributed by atoms with Crippen LogP contribution in [-0.4, -0.2) is 23.6 Å². The quantitative estimate of drug-likeness (QED) is 0.776. The molecule has 0 aliphatic carbocycles. The Balaban J connectivity index is 1.81. The number of nitrogens with one attached hydrogen (secondary N) is 1. The normalized spacial score (nSPS) is 10.2. The molecule has 3 N–H and O–H groups in total. The predicted octanol–water partition coefficient (Wildman–Crippen LogP) is 2.11. The van der Waals surface area contributed by atoms with E-state index in [-0.39, 0.29) is 5.95 Å². The first kappa shape index (κ1) is 13.1. The van der Waals surface area contributed by atoms with E-state index in [1.807, 2.05) is 6.07 Å². The van der Waals surface area contributed by atoms with Gasteiger partial charge >= 0.3 is 0 Å². The van der Waals surface area contributed by atoms with E-state index < -0.39 is 0 Å². The minimum Gasteiger partial charge on any atom is -0.481 e. The zero-order chi connectivity index (χ0) is 13.5. The number of methoxy groups -OCH3 is 1. The number of nitrogens with zero attached hydrogens (tertiary/aromatic N) is 2. The fourth-order valence-corrected chi connectivity index (χ4v) is 1.79. The Kier molecular flexibility index (Phi) is 4.55. The Morgan fingerprint density at radius 2 is 2.00 bits per heavy atom. The van der Waals surface area contributed by atoms with Crippen LogP contribution in [0.4, 0.5) is 11.8 Å². The molecule has 2 rings (SSSR count). The van der Waals surface area contributed by atoms with Crippen LogP contribution in [0.3, 0.4) is 0 Å². The summed E-state index contributed by atoms with van der Waals surface area (Å²) in [7, 11) is 1.56. The molecule has 0 saturated carbocycles. The average molecular weight is 258 g/mol. The highest BCUT2D eigenvalue weighted by molar-refractivity contribution is 5.42. The summed E-state index contributed by atoms with van der Waals surface area (Å²) in [6.45, 7) is 0.828. The number of rotatable bonds is 6. The molecule has 5 nitrogen and oxygen atoms in total. The fourth-order valence-electron chi connectivity index (χ4n) is 1.79. The molecule has 0 amide bonds. The lowest BCUT2D eigenvalue weighted by molar-refractivity contribution is 0.398. The van der Waals surface area contributed by atoms with Gasteiger partial charge in [0.25, 0.3) is 0 Å². The largest absolute Gasteiger partial charge is 0.481 e. The number of nitrogen functional groups attached to an aromatic ring is 1. The summed E-state index contributed by atoms with van der Waals surface area (Å²) in [6, 6.07) is 12.1. The molecule has 19 heavy (non-hydrogen) atoms. The van der Waals surface area contributed by atoms with Crippen LogP contribution in [0.1, 0.15) is 12.0 Å². The van der Waals surface area contributed by atoms with Gasteiger partial charge in [-0.05, 0) is 18.4 Å². The van der Waals surface area contributed by atoms with E-state index in [1.54, 1.807) is 13.2 Å². The molecule has 1 aromatic heterocycles. The van der Waals surface area contributed by atoms with Crippen molar-refractivity contribution >= 4 is 11.8 Å². The maximum Gasteiger partial charge on any atom is 0.225 e. The zero-order valence-corrected chi connectivity index (χ0v) is 11.0. The second-order valence-electron chi connectivity index (χ2n) is 4.17. The number of anilines is 2. The number of aryl methyl sites for hydroxylation is 1. The van der Waals surface area contributed by atoms with Gasteiger partial charge in [0.1, 0.15) is 5.82 Å². The van der Waals surface area contributed by atoms with Gasteiger partial charge in [0.2, 0.25) is 11.8 Å². The molecule has 0 unspecified atom stereocenters. The monoisotopic (exact) mass is 258 g/mol. The number of aromatic nitrogens is 2. The standard InChI is InChI=1S/C14H18N4O/c1-19-13-10-12(17-14(15)18-13)16-9-5-8-11-6-3-2-4-7-11/h2-4,6-7,10H,5,8-9H2,1H3,(H3,15,16,17,18). The molecule has 0 fully saturated rings. The van der Waals surface area contributed by atoms with Gasteiger partial charge in [-0.1, -0.05) is 30.3 Å². The Labute approximate surface area is 112 Å². The first-order valence-corrected chi connectivity index (χ1v) is 6.24. The highest BCUT2D eigenvalue weighted by Crippen LogP contribution is 2.14. The third-order valence-electron chi connectivity index (χ3n) is 2.72. The number of ether oxygens (including phenoxy) is 1. The summed E-state index contributed by atoms with van der Waals surface area (Å²) >= 11 is 0. The fraction of sp³-hybridized carbons (Fsp3) is 0.286. The Hall–Kier alpha value is -2.30. The second-order valence-corrected chi connectivity index (χ2v) is 4.17. The third-order valence-corrected chi connectivity index (χ3v) is 2.72. The van der Waals surface area contributed by atoms with Crippen molar-refractivity contribution in [2.24, 2.45) is 0 Å². The lowest BCUT2D eigenvalue weighted by Gasteiger charge is -2.07. The van der Waals surface area contributed by atoms with Crippen molar-refractivity contribution in [2.75, 3.05) is 24.7 Å². The lowest BCUT2D eigenvalue weighted by Crippen LogP contribution is -2.07. The molecular weight excluding hydrogens is 240 g/mol. The highest BCUT2D eigenvalue weighted by Gasteiger charge is 2.01. The third kappa shape index (κ3) is 4.13. The average Bonchev–Trinajstić information content (AvgIpc) is 2.44. The minimum atomic E-state index is 0.213. The lowest BCUT2D eigenvalue weighted by atomic mass is 10.1. The van der Waals surface area contributed by atoms with Gasteiger partial charge in [-0.3, -0.25) is 0 Å². The topological polar surface area (TPSA) is 73.1 Å². The van der Waals surface area contributed by atoms with Crippen LogP contribution in [0.15, 0.2) is 36.4 Å². The van der Waals surface area contributed by atoms with Crippen LogP contribution in [0.5, 0.6) is 5.88 Å². The molecule has 0 saturated heterocycles. The van der Waals surface area contributed by atoms with E-state index in [0.717, 1.165) is 19.4 Å². The van der Waals surface area contributed by atoms with E-state index >= 15 is 0 Å². The van der Waals surface area contributed by atoms with Crippen molar-refractivity contribution in [3.8, 4) is 5.88 Å². The Morgan fingerprint density at radius 1 is 1.21 bits per heavy atom. The molecule has 100 valence electrons. The van der Waals surface area contributed by atoms with Gasteiger partial charge in [0.15, 0.2) is 0 Å². The van der Waals surface area contributed by atoms with Gasteiger partial charge in [-0.25, -0.2) is 0 Å². The molecule has 1 aromatic carbocycles. The van der Waals surface area contributed by atoms with E-state index in [1.165, 1.54) is 5.56 Å². The molecule has 0 bridgehead atoms. The maximum absolute atomic E-state index is 5.59. The maximum atomic E-state index is 5.59. The van der Waals surface area contributed by atoms with Crippen molar-refractivity contribution in [1.82, 2.24) is 9.97 Å². The molecule has 0 atom stereocenters. The smallest absolute Gasteiger partial charge is 0.225 e. The van der Waals surface area contributed by atoms with Gasteiger partial charge in [0.05, 0.1) is 7.11 Å². The summed E-state index contributed by atoms with van der Waals surface area (Å²) in [6.07, 6.45) is 2.06. The molecule has 0 aliphatic heterocycles. The summed E-state index contributed by atoms with van der Waals surface area (Å²) < 4.78 is 5.04. The SMILES string of the molecule is COc1cc(NCCCc2ccccc2)nc(N)n1. The summed E-state index contributed by atoms with van der Waals surface area (Å²) in [5.41, 5.74) is 6.93. The van der Waals surface area contributed by atoms with E-state index in [0.29, 0.717) is 11.7 Å². The van der Waals surface area contributed by atoms with Crippen molar-refractivity contribution in [3.05, 3.63) is 42.0 Å². The van der Waals surface area contributed by atoms with Crippen LogP contribution < -0.4 is 15.8 Å². The number of benzene rings is 1. The van der Waals surface area contributed by atoms with Gasteiger partial charge in [-0.15, -0.1) is 0 Å². The van der Waals surface area contributed by atoms with Crippen LogP contribution in [-0.2, 0) is 6.42 Å². The molecule has 0 aliphatic rings. The summed E-state index contributed by atoms with van der Waals surface area (Å²) in [5.74, 6) is 1.38. The highest BCUT2D eigenvalue weighted by atomic mass is 16.5.